The van der Waals surface area contributed by atoms with Gasteiger partial charge >= 0.3 is 0 Å². The molecule has 1 aliphatic rings. The van der Waals surface area contributed by atoms with Crippen LogP contribution in [-0.4, -0.2) is 41.1 Å². The molecule has 1 fully saturated rings. The molecule has 1 unspecified atom stereocenters. The van der Waals surface area contributed by atoms with Crippen molar-refractivity contribution >= 4 is 5.91 Å². The molecule has 0 aromatic heterocycles. The first-order valence-electron chi connectivity index (χ1n) is 6.28. The summed E-state index contributed by atoms with van der Waals surface area (Å²) in [6, 6.07) is -0.105. The lowest BCUT2D eigenvalue weighted by Gasteiger charge is -2.39. The molecule has 0 aromatic carbocycles. The first-order valence-corrected chi connectivity index (χ1v) is 6.28. The molecule has 0 aromatic rings. The largest absolute Gasteiger partial charge is 0.395 e. The molecular weight excluding hydrogens is 204 g/mol. The zero-order chi connectivity index (χ0) is 12.1. The molecule has 0 saturated heterocycles. The van der Waals surface area contributed by atoms with Crippen molar-refractivity contribution in [3.63, 3.8) is 0 Å². The normalized spacial score (nSPS) is 20.0. The Kier molecular flexibility index (Phi) is 5.22. The van der Waals surface area contributed by atoms with Crippen LogP contribution in [0, 0.1) is 5.92 Å². The van der Waals surface area contributed by atoms with E-state index in [0.717, 1.165) is 19.3 Å². The lowest BCUT2D eigenvalue weighted by Crippen LogP contribution is -2.53. The average molecular weight is 228 g/mol. The number of hydrogen-bond donors (Lipinski definition) is 2. The van der Waals surface area contributed by atoms with E-state index in [-0.39, 0.29) is 18.4 Å². The number of aliphatic hydroxyl groups is 1. The van der Waals surface area contributed by atoms with Crippen molar-refractivity contribution in [2.45, 2.75) is 51.6 Å². The van der Waals surface area contributed by atoms with Gasteiger partial charge in [-0.1, -0.05) is 20.3 Å². The van der Waals surface area contributed by atoms with Crippen LogP contribution in [0.25, 0.3) is 0 Å². The van der Waals surface area contributed by atoms with Gasteiger partial charge in [-0.15, -0.1) is 0 Å². The zero-order valence-corrected chi connectivity index (χ0v) is 10.4. The van der Waals surface area contributed by atoms with Crippen LogP contribution in [0.1, 0.15) is 39.5 Å². The summed E-state index contributed by atoms with van der Waals surface area (Å²) < 4.78 is 0. The van der Waals surface area contributed by atoms with Gasteiger partial charge in [0.25, 0.3) is 0 Å². The molecule has 0 aliphatic heterocycles. The fourth-order valence-electron chi connectivity index (χ4n) is 1.97. The molecule has 0 bridgehead atoms. The van der Waals surface area contributed by atoms with Crippen LogP contribution in [0.4, 0.5) is 0 Å². The lowest BCUT2D eigenvalue weighted by atomic mass is 9.89. The fourth-order valence-corrected chi connectivity index (χ4v) is 1.97. The van der Waals surface area contributed by atoms with E-state index in [1.165, 1.54) is 6.42 Å². The average Bonchev–Trinajstić information content (AvgIpc) is 2.23. The first-order chi connectivity index (χ1) is 7.61. The summed E-state index contributed by atoms with van der Waals surface area (Å²) in [6.45, 7) is 4.49. The van der Waals surface area contributed by atoms with Crippen molar-refractivity contribution in [3.8, 4) is 0 Å². The Morgan fingerprint density at radius 3 is 2.56 bits per heavy atom. The van der Waals surface area contributed by atoms with Crippen LogP contribution < -0.4 is 5.73 Å². The second-order valence-electron chi connectivity index (χ2n) is 4.75. The highest BCUT2D eigenvalue weighted by Crippen LogP contribution is 2.25. The van der Waals surface area contributed by atoms with Gasteiger partial charge in [0.2, 0.25) is 5.91 Å². The number of amides is 1. The number of carbonyl (C=O) groups excluding carboxylic acids is 1. The van der Waals surface area contributed by atoms with Gasteiger partial charge in [0.05, 0.1) is 12.6 Å². The molecule has 1 saturated carbocycles. The zero-order valence-electron chi connectivity index (χ0n) is 10.4. The highest BCUT2D eigenvalue weighted by atomic mass is 16.3. The van der Waals surface area contributed by atoms with E-state index in [0.29, 0.717) is 12.6 Å². The van der Waals surface area contributed by atoms with E-state index < -0.39 is 6.04 Å². The molecular formula is C12H24N2O2. The summed E-state index contributed by atoms with van der Waals surface area (Å²) in [5, 5.41) is 9.00. The second-order valence-corrected chi connectivity index (χ2v) is 4.75. The Morgan fingerprint density at radius 2 is 2.19 bits per heavy atom. The molecule has 0 spiro atoms. The van der Waals surface area contributed by atoms with Crippen molar-refractivity contribution in [1.82, 2.24) is 4.90 Å². The van der Waals surface area contributed by atoms with Gasteiger partial charge in [-0.25, -0.2) is 0 Å². The van der Waals surface area contributed by atoms with Gasteiger partial charge in [-0.3, -0.25) is 4.79 Å². The van der Waals surface area contributed by atoms with Gasteiger partial charge in [0.15, 0.2) is 0 Å². The minimum Gasteiger partial charge on any atom is -0.395 e. The van der Waals surface area contributed by atoms with Gasteiger partial charge < -0.3 is 15.7 Å². The number of hydrogen-bond acceptors (Lipinski definition) is 3. The number of rotatable bonds is 6. The minimum atomic E-state index is -0.419. The fraction of sp³-hybridized carbons (Fsp3) is 0.917. The van der Waals surface area contributed by atoms with E-state index in [2.05, 4.69) is 0 Å². The van der Waals surface area contributed by atoms with Crippen LogP contribution in [0.2, 0.25) is 0 Å². The standard InChI is InChI=1S/C12H24N2O2/c1-3-9(2)11(13)12(16)14(7-8-15)10-5-4-6-10/h9-11,15H,3-8,13H2,1-2H3/t9?,11-/m0/s1. The summed E-state index contributed by atoms with van der Waals surface area (Å²) in [5.74, 6) is 0.210. The Balaban J connectivity index is 2.58. The summed E-state index contributed by atoms with van der Waals surface area (Å²) in [6.07, 6.45) is 4.20. The van der Waals surface area contributed by atoms with Gasteiger partial charge in [-0.2, -0.15) is 0 Å². The molecule has 0 heterocycles. The van der Waals surface area contributed by atoms with Crippen molar-refractivity contribution < 1.29 is 9.90 Å². The number of nitrogens with zero attached hydrogens (tertiary/aromatic N) is 1. The maximum Gasteiger partial charge on any atom is 0.240 e. The van der Waals surface area contributed by atoms with E-state index in [4.69, 9.17) is 10.8 Å². The maximum absolute atomic E-state index is 12.2. The Hall–Kier alpha value is -0.610. The van der Waals surface area contributed by atoms with E-state index in [1.54, 1.807) is 4.90 Å². The molecule has 4 heteroatoms. The topological polar surface area (TPSA) is 66.6 Å². The number of nitrogens with two attached hydrogens (primary N) is 1. The van der Waals surface area contributed by atoms with Gasteiger partial charge in [0, 0.05) is 12.6 Å². The van der Waals surface area contributed by atoms with Gasteiger partial charge in [-0.05, 0) is 25.2 Å². The van der Waals surface area contributed by atoms with Crippen LogP contribution in [0.3, 0.4) is 0 Å². The summed E-state index contributed by atoms with van der Waals surface area (Å²) in [7, 11) is 0. The van der Waals surface area contributed by atoms with Crippen molar-refractivity contribution in [1.29, 1.82) is 0 Å². The molecule has 3 N–H and O–H groups in total. The molecule has 16 heavy (non-hydrogen) atoms. The third kappa shape index (κ3) is 2.95. The Morgan fingerprint density at radius 1 is 1.56 bits per heavy atom. The Labute approximate surface area is 97.8 Å². The number of carbonyl (C=O) groups is 1. The van der Waals surface area contributed by atoms with Crippen LogP contribution in [0.5, 0.6) is 0 Å². The number of aliphatic hydroxyl groups excluding tert-OH is 1. The van der Waals surface area contributed by atoms with Crippen molar-refractivity contribution in [2.75, 3.05) is 13.2 Å². The summed E-state index contributed by atoms with van der Waals surface area (Å²) in [5.41, 5.74) is 5.95. The SMILES string of the molecule is CCC(C)[C@H](N)C(=O)N(CCO)C1CCC1. The van der Waals surface area contributed by atoms with Crippen molar-refractivity contribution in [3.05, 3.63) is 0 Å². The molecule has 4 nitrogen and oxygen atoms in total. The van der Waals surface area contributed by atoms with Crippen LogP contribution >= 0.6 is 0 Å². The smallest absolute Gasteiger partial charge is 0.240 e. The highest BCUT2D eigenvalue weighted by molar-refractivity contribution is 5.82. The van der Waals surface area contributed by atoms with Gasteiger partial charge in [0.1, 0.15) is 0 Å². The predicted octanol–water partition coefficient (Wildman–Crippen LogP) is 0.733. The van der Waals surface area contributed by atoms with E-state index >= 15 is 0 Å². The lowest BCUT2D eigenvalue weighted by molar-refractivity contribution is -0.138. The van der Waals surface area contributed by atoms with Crippen LogP contribution in [-0.2, 0) is 4.79 Å². The Bertz CT molecular complexity index is 229. The van der Waals surface area contributed by atoms with Crippen LogP contribution in [0.15, 0.2) is 0 Å². The maximum atomic E-state index is 12.2. The van der Waals surface area contributed by atoms with Crippen molar-refractivity contribution in [2.24, 2.45) is 11.7 Å². The first kappa shape index (κ1) is 13.5. The monoisotopic (exact) mass is 228 g/mol. The van der Waals surface area contributed by atoms with E-state index in [1.807, 2.05) is 13.8 Å². The molecule has 94 valence electrons. The predicted molar refractivity (Wildman–Crippen MR) is 63.9 cm³/mol. The molecule has 1 rings (SSSR count). The third-order valence-electron chi connectivity index (χ3n) is 3.68. The minimum absolute atomic E-state index is 0.00750. The molecule has 0 radical (unpaired) electrons. The quantitative estimate of drug-likeness (QED) is 0.704. The summed E-state index contributed by atoms with van der Waals surface area (Å²) in [4.78, 5) is 13.9. The van der Waals surface area contributed by atoms with E-state index in [9.17, 15) is 4.79 Å². The molecule has 1 amide bonds. The third-order valence-corrected chi connectivity index (χ3v) is 3.68. The highest BCUT2D eigenvalue weighted by Gasteiger charge is 2.32. The summed E-state index contributed by atoms with van der Waals surface area (Å²) >= 11 is 0. The second kappa shape index (κ2) is 6.21. The molecule has 1 aliphatic carbocycles. The molecule has 2 atom stereocenters.